The van der Waals surface area contributed by atoms with Gasteiger partial charge in [0, 0.05) is 32.8 Å². The van der Waals surface area contributed by atoms with Gasteiger partial charge in [-0.3, -0.25) is 0 Å². The minimum atomic E-state index is 0.867. The lowest BCUT2D eigenvalue weighted by Gasteiger charge is -2.28. The normalized spacial score (nSPS) is 11.8. The molecule has 0 radical (unpaired) electrons. The number of fused-ring (bicyclic) bond motifs is 9. The first kappa shape index (κ1) is 26.0. The van der Waals surface area contributed by atoms with Gasteiger partial charge in [-0.1, -0.05) is 115 Å². The van der Waals surface area contributed by atoms with Crippen LogP contribution in [0.1, 0.15) is 0 Å². The van der Waals surface area contributed by atoms with Gasteiger partial charge in [0.15, 0.2) is 0 Å². The fourth-order valence-electron chi connectivity index (χ4n) is 7.33. The molecule has 0 amide bonds. The van der Waals surface area contributed by atoms with E-state index >= 15 is 0 Å². The first-order valence-electron chi connectivity index (χ1n) is 15.9. The predicted molar refractivity (Wildman–Crippen MR) is 196 cm³/mol. The van der Waals surface area contributed by atoms with Crippen LogP contribution in [-0.2, 0) is 0 Å². The Balaban J connectivity index is 1.35. The summed E-state index contributed by atoms with van der Waals surface area (Å²) in [5.41, 5.74) is 8.89. The molecular weight excluding hydrogens is 574 g/mol. The van der Waals surface area contributed by atoms with Gasteiger partial charge in [-0.2, -0.15) is 0 Å². The summed E-state index contributed by atoms with van der Waals surface area (Å²) in [5.74, 6) is 0. The molecule has 2 aromatic heterocycles. The average molecular weight is 602 g/mol. The lowest BCUT2D eigenvalue weighted by molar-refractivity contribution is 0.669. The fourth-order valence-corrected chi connectivity index (χ4v) is 7.33. The number of hydrogen-bond acceptors (Lipinski definition) is 3. The molecular formula is C44H27NO2. The van der Waals surface area contributed by atoms with Crippen molar-refractivity contribution < 1.29 is 8.83 Å². The van der Waals surface area contributed by atoms with E-state index in [1.54, 1.807) is 0 Å². The molecule has 8 aromatic carbocycles. The standard InChI is InChI=1S/C44H27NO2/c1-2-11-28(12-3-1)33-24-25-38(43-35-17-7-9-20-40(35)47-44(33)43)45(31-23-26-41-36(27-31)34-16-6-8-19-39(34)46-41)37-18-10-14-30-22-21-29-13-4-5-15-32(29)42(30)37/h1-27H. The van der Waals surface area contributed by atoms with E-state index in [4.69, 9.17) is 8.83 Å². The maximum Gasteiger partial charge on any atom is 0.145 e. The highest BCUT2D eigenvalue weighted by Crippen LogP contribution is 2.49. The molecule has 10 rings (SSSR count). The number of nitrogens with zero attached hydrogens (tertiary/aromatic N) is 1. The minimum Gasteiger partial charge on any atom is -0.456 e. The molecule has 0 atom stereocenters. The fraction of sp³-hybridized carbons (Fsp3) is 0. The molecule has 0 aliphatic heterocycles. The molecule has 0 saturated carbocycles. The van der Waals surface area contributed by atoms with E-state index in [9.17, 15) is 0 Å². The summed E-state index contributed by atoms with van der Waals surface area (Å²) >= 11 is 0. The maximum atomic E-state index is 6.73. The Bertz CT molecular complexity index is 2810. The van der Waals surface area contributed by atoms with Crippen molar-refractivity contribution in [2.75, 3.05) is 4.90 Å². The van der Waals surface area contributed by atoms with Gasteiger partial charge in [0.1, 0.15) is 22.3 Å². The summed E-state index contributed by atoms with van der Waals surface area (Å²) in [7, 11) is 0. The predicted octanol–water partition coefficient (Wildman–Crippen LogP) is 12.9. The summed E-state index contributed by atoms with van der Waals surface area (Å²) in [6.07, 6.45) is 0. The first-order valence-corrected chi connectivity index (χ1v) is 15.9. The number of para-hydroxylation sites is 2. The third-order valence-electron chi connectivity index (χ3n) is 9.44. The largest absolute Gasteiger partial charge is 0.456 e. The first-order chi connectivity index (χ1) is 23.3. The van der Waals surface area contributed by atoms with Gasteiger partial charge >= 0.3 is 0 Å². The molecule has 0 bridgehead atoms. The van der Waals surface area contributed by atoms with Gasteiger partial charge in [0.25, 0.3) is 0 Å². The highest BCUT2D eigenvalue weighted by molar-refractivity contribution is 6.21. The van der Waals surface area contributed by atoms with Crippen molar-refractivity contribution in [2.45, 2.75) is 0 Å². The molecule has 3 heteroatoms. The van der Waals surface area contributed by atoms with Crippen LogP contribution in [0.15, 0.2) is 173 Å². The van der Waals surface area contributed by atoms with E-state index in [1.807, 2.05) is 18.2 Å². The van der Waals surface area contributed by atoms with Crippen LogP contribution in [0, 0.1) is 0 Å². The quantitative estimate of drug-likeness (QED) is 0.188. The van der Waals surface area contributed by atoms with E-state index in [0.29, 0.717) is 0 Å². The van der Waals surface area contributed by atoms with Crippen LogP contribution in [0.5, 0.6) is 0 Å². The highest BCUT2D eigenvalue weighted by Gasteiger charge is 2.24. The summed E-state index contributed by atoms with van der Waals surface area (Å²) < 4.78 is 13.0. The van der Waals surface area contributed by atoms with Crippen molar-refractivity contribution in [3.63, 3.8) is 0 Å². The van der Waals surface area contributed by atoms with Gasteiger partial charge in [-0.25, -0.2) is 0 Å². The zero-order valence-corrected chi connectivity index (χ0v) is 25.4. The van der Waals surface area contributed by atoms with E-state index in [2.05, 4.69) is 150 Å². The van der Waals surface area contributed by atoms with E-state index in [0.717, 1.165) is 72.1 Å². The number of rotatable bonds is 4. The van der Waals surface area contributed by atoms with E-state index < -0.39 is 0 Å². The number of benzene rings is 8. The van der Waals surface area contributed by atoms with Crippen LogP contribution in [0.2, 0.25) is 0 Å². The Labute approximate surface area is 270 Å². The highest BCUT2D eigenvalue weighted by atomic mass is 16.3. The van der Waals surface area contributed by atoms with Gasteiger partial charge in [0.05, 0.1) is 16.8 Å². The Kier molecular flexibility index (Phi) is 5.57. The zero-order valence-electron chi connectivity index (χ0n) is 25.4. The molecule has 0 aliphatic rings. The van der Waals surface area contributed by atoms with Crippen molar-refractivity contribution in [3.05, 3.63) is 164 Å². The zero-order chi connectivity index (χ0) is 30.9. The van der Waals surface area contributed by atoms with Crippen molar-refractivity contribution >= 4 is 82.5 Å². The van der Waals surface area contributed by atoms with Crippen LogP contribution < -0.4 is 4.90 Å². The van der Waals surface area contributed by atoms with E-state index in [-0.39, 0.29) is 0 Å². The minimum absolute atomic E-state index is 0.867. The van der Waals surface area contributed by atoms with Crippen LogP contribution in [-0.4, -0.2) is 0 Å². The second-order valence-corrected chi connectivity index (χ2v) is 12.1. The van der Waals surface area contributed by atoms with Crippen LogP contribution in [0.3, 0.4) is 0 Å². The number of hydrogen-bond donors (Lipinski definition) is 0. The number of anilines is 3. The Morgan fingerprint density at radius 3 is 1.91 bits per heavy atom. The Hall–Kier alpha value is -6.32. The molecule has 0 fully saturated rings. The van der Waals surface area contributed by atoms with E-state index in [1.165, 1.54) is 21.5 Å². The lowest BCUT2D eigenvalue weighted by Crippen LogP contribution is -2.11. The molecule has 0 unspecified atom stereocenters. The molecule has 220 valence electrons. The third kappa shape index (κ3) is 3.93. The molecule has 0 aliphatic carbocycles. The summed E-state index contributed by atoms with van der Waals surface area (Å²) in [6, 6.07) is 57.8. The van der Waals surface area contributed by atoms with Crippen LogP contribution in [0.4, 0.5) is 17.1 Å². The average Bonchev–Trinajstić information content (AvgIpc) is 3.71. The molecule has 0 N–H and O–H groups in total. The molecule has 10 aromatic rings. The third-order valence-corrected chi connectivity index (χ3v) is 9.44. The molecule has 0 saturated heterocycles. The summed E-state index contributed by atoms with van der Waals surface area (Å²) in [5, 5.41) is 9.17. The second-order valence-electron chi connectivity index (χ2n) is 12.1. The Morgan fingerprint density at radius 1 is 0.383 bits per heavy atom. The molecule has 3 nitrogen and oxygen atoms in total. The molecule has 2 heterocycles. The number of furan rings is 2. The van der Waals surface area contributed by atoms with Gasteiger partial charge in [-0.05, 0) is 70.3 Å². The summed E-state index contributed by atoms with van der Waals surface area (Å²) in [4.78, 5) is 2.41. The van der Waals surface area contributed by atoms with Crippen molar-refractivity contribution in [1.29, 1.82) is 0 Å². The van der Waals surface area contributed by atoms with Gasteiger partial charge in [-0.15, -0.1) is 0 Å². The van der Waals surface area contributed by atoms with Crippen molar-refractivity contribution in [2.24, 2.45) is 0 Å². The maximum absolute atomic E-state index is 6.73. The Morgan fingerprint density at radius 2 is 1.04 bits per heavy atom. The van der Waals surface area contributed by atoms with Crippen LogP contribution >= 0.6 is 0 Å². The van der Waals surface area contributed by atoms with Gasteiger partial charge < -0.3 is 13.7 Å². The molecule has 47 heavy (non-hydrogen) atoms. The second kappa shape index (κ2) is 10.1. The lowest BCUT2D eigenvalue weighted by atomic mass is 9.97. The van der Waals surface area contributed by atoms with Crippen LogP contribution in [0.25, 0.3) is 76.5 Å². The van der Waals surface area contributed by atoms with Gasteiger partial charge in [0.2, 0.25) is 0 Å². The van der Waals surface area contributed by atoms with Crippen molar-refractivity contribution in [3.8, 4) is 11.1 Å². The monoisotopic (exact) mass is 601 g/mol. The topological polar surface area (TPSA) is 29.5 Å². The SMILES string of the molecule is c1ccc(-c2ccc(N(c3ccc4oc5ccccc5c4c3)c3cccc4ccc5ccccc5c34)c3c2oc2ccccc23)cc1. The molecule has 0 spiro atoms. The summed E-state index contributed by atoms with van der Waals surface area (Å²) in [6.45, 7) is 0. The smallest absolute Gasteiger partial charge is 0.145 e. The van der Waals surface area contributed by atoms with Crippen molar-refractivity contribution in [1.82, 2.24) is 0 Å².